The number of carbonyl (C=O) groups excluding carboxylic acids is 2. The second-order valence-electron chi connectivity index (χ2n) is 13.8. The Kier molecular flexibility index (Phi) is 6.52. The number of non-ortho nitro benzene ring substituents is 2. The number of carbonyl (C=O) groups is 2. The highest BCUT2D eigenvalue weighted by molar-refractivity contribution is 5.91. The second-order valence-corrected chi connectivity index (χ2v) is 13.8. The van der Waals surface area contributed by atoms with Crippen LogP contribution in [0.5, 0.6) is 0 Å². The van der Waals surface area contributed by atoms with E-state index in [-0.39, 0.29) is 41.1 Å². The van der Waals surface area contributed by atoms with Crippen LogP contribution in [0.2, 0.25) is 0 Å². The molecule has 0 amide bonds. The van der Waals surface area contributed by atoms with Gasteiger partial charge in [0.15, 0.2) is 6.29 Å². The summed E-state index contributed by atoms with van der Waals surface area (Å²) in [5, 5.41) is 35.1. The number of hydrogen-bond donors (Lipinski definition) is 1. The quantitative estimate of drug-likeness (QED) is 0.274. The van der Waals surface area contributed by atoms with Crippen LogP contribution in [0.4, 0.5) is 11.4 Å². The zero-order valence-electron chi connectivity index (χ0n) is 24.7. The number of methoxy groups -OCH3 is 1. The van der Waals surface area contributed by atoms with Crippen LogP contribution in [0.15, 0.2) is 29.8 Å². The summed E-state index contributed by atoms with van der Waals surface area (Å²) in [7, 11) is 1.60. The van der Waals surface area contributed by atoms with Crippen molar-refractivity contribution in [3.8, 4) is 0 Å². The minimum Gasteiger partial charge on any atom is -0.459 e. The first-order valence-corrected chi connectivity index (χ1v) is 15.3. The van der Waals surface area contributed by atoms with Crippen LogP contribution in [0.1, 0.15) is 75.1 Å². The van der Waals surface area contributed by atoms with Crippen molar-refractivity contribution < 1.29 is 43.5 Å². The van der Waals surface area contributed by atoms with E-state index < -0.39 is 56.2 Å². The molecule has 1 aromatic carbocycles. The number of nitro benzene ring substituents is 2. The lowest BCUT2D eigenvalue weighted by atomic mass is 9.42. The Bertz CT molecular complexity index is 1460. The third kappa shape index (κ3) is 3.87. The van der Waals surface area contributed by atoms with Crippen LogP contribution in [0.3, 0.4) is 0 Å². The summed E-state index contributed by atoms with van der Waals surface area (Å²) >= 11 is 0. The third-order valence-electron chi connectivity index (χ3n) is 12.3. The van der Waals surface area contributed by atoms with Gasteiger partial charge >= 0.3 is 11.9 Å². The number of fused-ring (bicyclic) bond motifs is 1. The summed E-state index contributed by atoms with van der Waals surface area (Å²) < 4.78 is 24.0. The van der Waals surface area contributed by atoms with Crippen LogP contribution in [-0.4, -0.2) is 64.2 Å². The molecule has 0 aromatic heterocycles. The van der Waals surface area contributed by atoms with Gasteiger partial charge in [-0.2, -0.15) is 0 Å². The number of cyclic esters (lactones) is 1. The van der Waals surface area contributed by atoms with E-state index in [2.05, 4.69) is 6.92 Å². The first-order chi connectivity index (χ1) is 20.9. The van der Waals surface area contributed by atoms with Crippen LogP contribution < -0.4 is 0 Å². The first kappa shape index (κ1) is 29.3. The largest absolute Gasteiger partial charge is 0.459 e. The molecule has 7 rings (SSSR count). The van der Waals surface area contributed by atoms with Gasteiger partial charge in [0, 0.05) is 37.7 Å². The van der Waals surface area contributed by atoms with Crippen LogP contribution in [0.25, 0.3) is 0 Å². The molecule has 2 aliphatic heterocycles. The Morgan fingerprint density at radius 3 is 2.36 bits per heavy atom. The van der Waals surface area contributed by atoms with Gasteiger partial charge in [0.2, 0.25) is 0 Å². The molecule has 1 saturated heterocycles. The molecule has 1 aromatic rings. The third-order valence-corrected chi connectivity index (χ3v) is 12.3. The van der Waals surface area contributed by atoms with Crippen molar-refractivity contribution in [2.24, 2.45) is 28.6 Å². The van der Waals surface area contributed by atoms with Crippen molar-refractivity contribution >= 4 is 23.3 Å². The van der Waals surface area contributed by atoms with E-state index in [0.717, 1.165) is 49.5 Å². The maximum Gasteiger partial charge on any atom is 0.338 e. The van der Waals surface area contributed by atoms with Gasteiger partial charge < -0.3 is 24.1 Å². The lowest BCUT2D eigenvalue weighted by molar-refractivity contribution is -0.394. The number of benzene rings is 1. The van der Waals surface area contributed by atoms with Gasteiger partial charge in [-0.05, 0) is 74.2 Å². The van der Waals surface area contributed by atoms with Crippen molar-refractivity contribution in [1.29, 1.82) is 0 Å². The van der Waals surface area contributed by atoms with Gasteiger partial charge in [-0.25, -0.2) is 9.59 Å². The van der Waals surface area contributed by atoms with Gasteiger partial charge in [0.05, 0.1) is 38.1 Å². The van der Waals surface area contributed by atoms with Gasteiger partial charge in [-0.3, -0.25) is 20.2 Å². The highest BCUT2D eigenvalue weighted by Gasteiger charge is 2.79. The predicted molar refractivity (Wildman–Crippen MR) is 150 cm³/mol. The molecule has 2 heterocycles. The molecule has 13 heteroatoms. The molecule has 1 N–H and O–H groups in total. The average molecular weight is 613 g/mol. The summed E-state index contributed by atoms with van der Waals surface area (Å²) in [4.78, 5) is 46.1. The molecule has 0 radical (unpaired) electrons. The zero-order valence-corrected chi connectivity index (χ0v) is 24.7. The molecule has 6 aliphatic rings. The van der Waals surface area contributed by atoms with E-state index in [1.54, 1.807) is 13.2 Å². The van der Waals surface area contributed by atoms with Gasteiger partial charge in [0.1, 0.15) is 12.7 Å². The molecular formula is C31H36N2O11. The lowest BCUT2D eigenvalue weighted by Crippen LogP contribution is -2.67. The van der Waals surface area contributed by atoms with Crippen LogP contribution in [-0.2, 0) is 23.7 Å². The van der Waals surface area contributed by atoms with Gasteiger partial charge in [-0.15, -0.1) is 0 Å². The standard InChI is InChI=1S/C31H36N2O11/c1-28-7-6-24-30-8-5-21(43-26(35)17-11-19(32(37)38)14-20(12-17)33(39)40)15-29(30,36)9-10-31(24,44-27(30)41-2)23(28)4-3-22(28)18-13-25(34)42-16-18/h11-14,21-24,27,36H,3-10,15-16H2,1-2H3/t21-,22-,23-,24-,27+,28+,29+,30-,31-/m0/s1. The number of ether oxygens (including phenoxy) is 4. The summed E-state index contributed by atoms with van der Waals surface area (Å²) in [5.41, 5.74) is -2.91. The van der Waals surface area contributed by atoms with E-state index in [1.165, 1.54) is 0 Å². The Morgan fingerprint density at radius 2 is 1.73 bits per heavy atom. The molecular weight excluding hydrogens is 576 g/mol. The Hall–Kier alpha value is -3.42. The molecule has 13 nitrogen and oxygen atoms in total. The topological polar surface area (TPSA) is 178 Å². The maximum absolute atomic E-state index is 13.1. The van der Waals surface area contributed by atoms with E-state index in [0.29, 0.717) is 32.3 Å². The normalized spacial score (nSPS) is 42.0. The average Bonchev–Trinajstić information content (AvgIpc) is 3.63. The Labute approximate surface area is 253 Å². The molecule has 236 valence electrons. The summed E-state index contributed by atoms with van der Waals surface area (Å²) in [6.07, 6.45) is 6.06. The minimum absolute atomic E-state index is 0.0297. The monoisotopic (exact) mass is 612 g/mol. The zero-order chi connectivity index (χ0) is 31.2. The van der Waals surface area contributed by atoms with Gasteiger partial charge in [0.25, 0.3) is 11.4 Å². The van der Waals surface area contributed by atoms with E-state index in [9.17, 15) is 34.9 Å². The number of esters is 2. The van der Waals surface area contributed by atoms with Crippen molar-refractivity contribution in [1.82, 2.24) is 0 Å². The molecule has 4 saturated carbocycles. The molecule has 4 aliphatic carbocycles. The fourth-order valence-electron chi connectivity index (χ4n) is 10.6. The molecule has 1 spiro atoms. The fraction of sp³-hybridized carbons (Fsp3) is 0.677. The van der Waals surface area contributed by atoms with Crippen molar-refractivity contribution in [3.05, 3.63) is 55.6 Å². The fourth-order valence-corrected chi connectivity index (χ4v) is 10.6. The summed E-state index contributed by atoms with van der Waals surface area (Å²) in [6, 6.07) is 2.72. The number of aliphatic hydroxyl groups is 1. The molecule has 0 unspecified atom stereocenters. The highest BCUT2D eigenvalue weighted by atomic mass is 16.7. The summed E-state index contributed by atoms with van der Waals surface area (Å²) in [6.45, 7) is 2.66. The van der Waals surface area contributed by atoms with Crippen LogP contribution in [0, 0.1) is 48.8 Å². The van der Waals surface area contributed by atoms with Crippen molar-refractivity contribution in [3.63, 3.8) is 0 Å². The van der Waals surface area contributed by atoms with Crippen molar-refractivity contribution in [2.75, 3.05) is 13.7 Å². The van der Waals surface area contributed by atoms with E-state index >= 15 is 0 Å². The Morgan fingerprint density at radius 1 is 1.00 bits per heavy atom. The number of hydrogen-bond acceptors (Lipinski definition) is 11. The lowest BCUT2D eigenvalue weighted by Gasteiger charge is -2.63. The minimum atomic E-state index is -1.25. The predicted octanol–water partition coefficient (Wildman–Crippen LogP) is 4.39. The molecule has 44 heavy (non-hydrogen) atoms. The molecule has 5 fully saturated rings. The van der Waals surface area contributed by atoms with Gasteiger partial charge in [-0.1, -0.05) is 6.92 Å². The van der Waals surface area contributed by atoms with E-state index in [4.69, 9.17) is 18.9 Å². The number of nitro groups is 2. The molecule has 9 atom stereocenters. The summed E-state index contributed by atoms with van der Waals surface area (Å²) in [5.74, 6) is -0.708. The maximum atomic E-state index is 13.1. The first-order valence-electron chi connectivity index (χ1n) is 15.3. The second kappa shape index (κ2) is 9.79. The van der Waals surface area contributed by atoms with Crippen molar-refractivity contribution in [2.45, 2.75) is 88.3 Å². The van der Waals surface area contributed by atoms with Crippen LogP contribution >= 0.6 is 0 Å². The number of rotatable bonds is 6. The number of nitrogens with zero attached hydrogens (tertiary/aromatic N) is 2. The Balaban J connectivity index is 1.15. The molecule has 2 bridgehead atoms. The smallest absolute Gasteiger partial charge is 0.338 e. The SMILES string of the molecule is CO[C@@H]1O[C@]23CC[C@@]4(O)C[C@@H](OC(=O)c5cc([N+](=O)[O-])cc([N+](=O)[O-])c5)CC[C@]14[C@@H]2CC[C@]1(C)[C@H](C2=CC(=O)OC2)CC[C@@H]13. The highest BCUT2D eigenvalue weighted by Crippen LogP contribution is 2.76. The van der Waals surface area contributed by atoms with E-state index in [1.807, 2.05) is 0 Å².